The minimum Gasteiger partial charge on any atom is -0.358 e. The molecule has 6 aromatic carbocycles. The third kappa shape index (κ3) is 6.10. The average Bonchev–Trinajstić information content (AvgIpc) is 3.63. The summed E-state index contributed by atoms with van der Waals surface area (Å²) < 4.78 is 0. The van der Waals surface area contributed by atoms with Crippen molar-refractivity contribution < 1.29 is 0 Å². The van der Waals surface area contributed by atoms with Crippen LogP contribution < -0.4 is 9.80 Å². The van der Waals surface area contributed by atoms with Crippen LogP contribution in [-0.4, -0.2) is 12.1 Å². The topological polar surface area (TPSA) is 6.48 Å². The van der Waals surface area contributed by atoms with Crippen molar-refractivity contribution in [1.29, 1.82) is 0 Å². The van der Waals surface area contributed by atoms with Gasteiger partial charge in [-0.2, -0.15) is 0 Å². The van der Waals surface area contributed by atoms with Crippen molar-refractivity contribution in [1.82, 2.24) is 0 Å². The molecule has 0 fully saturated rings. The fourth-order valence-electron chi connectivity index (χ4n) is 10.0. The van der Waals surface area contributed by atoms with E-state index in [0.29, 0.717) is 6.04 Å². The van der Waals surface area contributed by atoms with Gasteiger partial charge in [0.1, 0.15) is 0 Å². The lowest BCUT2D eigenvalue weighted by Crippen LogP contribution is -2.43. The van der Waals surface area contributed by atoms with E-state index < -0.39 is 0 Å². The van der Waals surface area contributed by atoms with Crippen LogP contribution in [-0.2, 0) is 10.8 Å². The quantitative estimate of drug-likeness (QED) is 0.143. The van der Waals surface area contributed by atoms with Crippen molar-refractivity contribution in [3.63, 3.8) is 0 Å². The SMILES string of the molecule is CC1(C)C2=CC(N(c3ccc(/C=C/c4ccc5c(c4)C(C)(C)c4cc(N(c6ccccc6)c6ccccc6)ccc4-5)cc3)C3C=CC=CC3)CC=C2c2ccccc21. The zero-order chi connectivity index (χ0) is 39.4. The van der Waals surface area contributed by atoms with Crippen molar-refractivity contribution in [2.24, 2.45) is 0 Å². The highest BCUT2D eigenvalue weighted by atomic mass is 15.2. The maximum absolute atomic E-state index is 2.65. The Bertz CT molecular complexity index is 2630. The van der Waals surface area contributed by atoms with Gasteiger partial charge in [0.15, 0.2) is 0 Å². The monoisotopic (exact) mass is 750 g/mol. The first-order valence-corrected chi connectivity index (χ1v) is 20.9. The number of benzene rings is 6. The zero-order valence-electron chi connectivity index (χ0n) is 33.9. The number of fused-ring (bicyclic) bond motifs is 6. The van der Waals surface area contributed by atoms with Crippen LogP contribution in [0.5, 0.6) is 0 Å². The molecule has 0 aliphatic heterocycles. The Morgan fingerprint density at radius 1 is 0.500 bits per heavy atom. The van der Waals surface area contributed by atoms with Gasteiger partial charge in [0.2, 0.25) is 0 Å². The molecule has 6 aromatic rings. The maximum Gasteiger partial charge on any atom is 0.0520 e. The molecule has 0 heterocycles. The number of rotatable bonds is 8. The Hall–Kier alpha value is -6.38. The van der Waals surface area contributed by atoms with Crippen molar-refractivity contribution in [3.8, 4) is 11.1 Å². The number of para-hydroxylation sites is 2. The minimum absolute atomic E-state index is 0.00579. The molecule has 2 atom stereocenters. The fourth-order valence-corrected chi connectivity index (χ4v) is 10.0. The van der Waals surface area contributed by atoms with Crippen molar-refractivity contribution in [2.45, 2.75) is 63.5 Å². The van der Waals surface area contributed by atoms with Crippen LogP contribution >= 0.6 is 0 Å². The van der Waals surface area contributed by atoms with E-state index in [-0.39, 0.29) is 16.9 Å². The summed E-state index contributed by atoms with van der Waals surface area (Å²) >= 11 is 0. The molecule has 0 amide bonds. The van der Waals surface area contributed by atoms with E-state index >= 15 is 0 Å². The Balaban J connectivity index is 0.913. The summed E-state index contributed by atoms with van der Waals surface area (Å²) in [6, 6.07) is 54.1. The van der Waals surface area contributed by atoms with Crippen LogP contribution in [0.4, 0.5) is 22.7 Å². The van der Waals surface area contributed by atoms with Crippen LogP contribution in [0.1, 0.15) is 73.9 Å². The largest absolute Gasteiger partial charge is 0.358 e. The second kappa shape index (κ2) is 14.2. The fraction of sp³-hybridized carbons (Fsp3) is 0.179. The van der Waals surface area contributed by atoms with Gasteiger partial charge in [-0.1, -0.05) is 173 Å². The van der Waals surface area contributed by atoms with Gasteiger partial charge < -0.3 is 9.80 Å². The molecule has 2 heteroatoms. The van der Waals surface area contributed by atoms with Crippen LogP contribution in [0.15, 0.2) is 188 Å². The van der Waals surface area contributed by atoms with Gasteiger partial charge in [0, 0.05) is 33.6 Å². The third-order valence-electron chi connectivity index (χ3n) is 13.1. The second-order valence-corrected chi connectivity index (χ2v) is 17.3. The Morgan fingerprint density at radius 3 is 1.83 bits per heavy atom. The smallest absolute Gasteiger partial charge is 0.0520 e. The Labute approximate surface area is 344 Å². The summed E-state index contributed by atoms with van der Waals surface area (Å²) in [5.41, 5.74) is 18.1. The molecule has 0 spiro atoms. The van der Waals surface area contributed by atoms with Crippen LogP contribution in [0.25, 0.3) is 28.9 Å². The van der Waals surface area contributed by atoms with Crippen LogP contribution in [0, 0.1) is 0 Å². The molecule has 0 saturated heterocycles. The van der Waals surface area contributed by atoms with Gasteiger partial charge >= 0.3 is 0 Å². The van der Waals surface area contributed by atoms with Crippen molar-refractivity contribution in [3.05, 3.63) is 221 Å². The average molecular weight is 751 g/mol. The second-order valence-electron chi connectivity index (χ2n) is 17.3. The molecule has 2 unspecified atom stereocenters. The molecule has 0 bridgehead atoms. The summed E-state index contributed by atoms with van der Waals surface area (Å²) in [4.78, 5) is 5.01. The van der Waals surface area contributed by atoms with Gasteiger partial charge in [-0.25, -0.2) is 0 Å². The minimum atomic E-state index is -0.141. The number of hydrogen-bond donors (Lipinski definition) is 0. The Kier molecular flexibility index (Phi) is 8.82. The van der Waals surface area contributed by atoms with Gasteiger partial charge in [-0.05, 0) is 117 Å². The van der Waals surface area contributed by atoms with Gasteiger partial charge in [-0.3, -0.25) is 0 Å². The van der Waals surface area contributed by atoms with E-state index in [1.165, 1.54) is 67.0 Å². The van der Waals surface area contributed by atoms with Crippen molar-refractivity contribution in [2.75, 3.05) is 9.80 Å². The standard InChI is InChI=1S/C56H50N2/c1-55(2)51-23-15-14-22-47(51)49-34-31-46(37-53(49)55)58(43-20-12-7-13-21-43)44-29-26-39(27-30-44)24-25-40-28-33-48-50-35-32-45(38-54(50)56(3,4)52(48)36-40)57(41-16-8-5-9-17-41)42-18-10-6-11-19-42/h5-20,22-30,32-38,43,46H,21,31H2,1-4H3/b25-24+. The molecule has 4 aliphatic rings. The van der Waals surface area contributed by atoms with E-state index in [2.05, 4.69) is 232 Å². The van der Waals surface area contributed by atoms with Crippen LogP contribution in [0.2, 0.25) is 0 Å². The third-order valence-corrected chi connectivity index (χ3v) is 13.1. The van der Waals surface area contributed by atoms with E-state index in [4.69, 9.17) is 0 Å². The lowest BCUT2D eigenvalue weighted by molar-refractivity contribution is 0.596. The van der Waals surface area contributed by atoms with E-state index in [9.17, 15) is 0 Å². The summed E-state index contributed by atoms with van der Waals surface area (Å²) in [5.74, 6) is 0. The normalized spacial score (nSPS) is 19.2. The van der Waals surface area contributed by atoms with E-state index in [0.717, 1.165) is 24.2 Å². The highest BCUT2D eigenvalue weighted by Crippen LogP contribution is 2.53. The summed E-state index contributed by atoms with van der Waals surface area (Å²) in [6.07, 6.45) is 20.7. The molecule has 0 saturated carbocycles. The zero-order valence-corrected chi connectivity index (χ0v) is 33.9. The molecule has 0 radical (unpaired) electrons. The predicted octanol–water partition coefficient (Wildman–Crippen LogP) is 14.4. The molecule has 284 valence electrons. The number of allylic oxidation sites excluding steroid dienone is 4. The van der Waals surface area contributed by atoms with Gasteiger partial charge in [0.25, 0.3) is 0 Å². The molecular formula is C56H50N2. The molecule has 58 heavy (non-hydrogen) atoms. The summed E-state index contributed by atoms with van der Waals surface area (Å²) in [7, 11) is 0. The molecule has 10 rings (SSSR count). The first-order chi connectivity index (χ1) is 28.3. The lowest BCUT2D eigenvalue weighted by atomic mass is 9.79. The highest BCUT2D eigenvalue weighted by molar-refractivity contribution is 5.91. The molecular weight excluding hydrogens is 701 g/mol. The predicted molar refractivity (Wildman–Crippen MR) is 247 cm³/mol. The molecule has 0 N–H and O–H groups in total. The lowest BCUT2D eigenvalue weighted by Gasteiger charge is -2.40. The summed E-state index contributed by atoms with van der Waals surface area (Å²) in [6.45, 7) is 9.52. The first kappa shape index (κ1) is 36.0. The number of hydrogen-bond acceptors (Lipinski definition) is 2. The first-order valence-electron chi connectivity index (χ1n) is 20.9. The van der Waals surface area contributed by atoms with Gasteiger partial charge in [-0.15, -0.1) is 0 Å². The van der Waals surface area contributed by atoms with E-state index in [1.807, 2.05) is 0 Å². The molecule has 4 aliphatic carbocycles. The highest BCUT2D eigenvalue weighted by Gasteiger charge is 2.41. The summed E-state index contributed by atoms with van der Waals surface area (Å²) in [5, 5.41) is 0. The van der Waals surface area contributed by atoms with Crippen LogP contribution in [0.3, 0.4) is 0 Å². The van der Waals surface area contributed by atoms with E-state index in [1.54, 1.807) is 0 Å². The molecule has 0 aromatic heterocycles. The van der Waals surface area contributed by atoms with Crippen molar-refractivity contribution >= 4 is 40.5 Å². The maximum atomic E-state index is 2.65. The number of anilines is 4. The Morgan fingerprint density at radius 2 is 1.12 bits per heavy atom. The van der Waals surface area contributed by atoms with Gasteiger partial charge in [0.05, 0.1) is 12.1 Å². The number of nitrogens with zero attached hydrogens (tertiary/aromatic N) is 2. The molecule has 2 nitrogen and oxygen atoms in total.